The highest BCUT2D eigenvalue weighted by atomic mass is 16.1. The Labute approximate surface area is 158 Å². The number of aromatic nitrogens is 5. The van der Waals surface area contributed by atoms with Crippen LogP contribution in [0.4, 0.5) is 0 Å². The summed E-state index contributed by atoms with van der Waals surface area (Å²) in [5, 5.41) is 11.1. The second-order valence-electron chi connectivity index (χ2n) is 6.90. The van der Waals surface area contributed by atoms with Gasteiger partial charge in [0, 0.05) is 44.5 Å². The van der Waals surface area contributed by atoms with Crippen molar-refractivity contribution in [1.29, 1.82) is 0 Å². The molecule has 142 valence electrons. The minimum Gasteiger partial charge on any atom is -0.348 e. The molecule has 1 atom stereocenters. The summed E-state index contributed by atoms with van der Waals surface area (Å²) in [4.78, 5) is 21.2. The number of carbonyl (C=O) groups is 1. The Bertz CT molecular complexity index is 873. The van der Waals surface area contributed by atoms with Gasteiger partial charge < -0.3 is 10.6 Å². The SMILES string of the molecule is CC[C@@H](NC(=O)CCc1cc2n(n1)CCCNC2)c1cn2cccnc2n1. The second kappa shape index (κ2) is 7.87. The lowest BCUT2D eigenvalue weighted by molar-refractivity contribution is -0.121. The van der Waals surface area contributed by atoms with Crippen LogP contribution in [0.2, 0.25) is 0 Å². The van der Waals surface area contributed by atoms with E-state index in [1.165, 1.54) is 5.69 Å². The predicted molar refractivity (Wildman–Crippen MR) is 101 cm³/mol. The normalized spacial score (nSPS) is 15.3. The molecule has 3 aromatic rings. The Morgan fingerprint density at radius 1 is 1.44 bits per heavy atom. The number of nitrogens with zero attached hydrogens (tertiary/aromatic N) is 5. The van der Waals surface area contributed by atoms with Crippen LogP contribution in [-0.2, 0) is 24.3 Å². The lowest BCUT2D eigenvalue weighted by Gasteiger charge is -2.14. The van der Waals surface area contributed by atoms with Gasteiger partial charge in [-0.25, -0.2) is 9.97 Å². The molecule has 1 aliphatic heterocycles. The predicted octanol–water partition coefficient (Wildman–Crippen LogP) is 1.62. The molecular formula is C19H25N7O. The zero-order valence-electron chi connectivity index (χ0n) is 15.6. The second-order valence-corrected chi connectivity index (χ2v) is 6.90. The van der Waals surface area contributed by atoms with Gasteiger partial charge in [0.25, 0.3) is 0 Å². The Hall–Kier alpha value is -2.74. The van der Waals surface area contributed by atoms with Crippen molar-refractivity contribution in [2.75, 3.05) is 6.54 Å². The van der Waals surface area contributed by atoms with Gasteiger partial charge in [0.05, 0.1) is 23.1 Å². The number of nitrogens with one attached hydrogen (secondary N) is 2. The molecule has 1 amide bonds. The van der Waals surface area contributed by atoms with Gasteiger partial charge in [0.1, 0.15) is 0 Å². The molecule has 0 bridgehead atoms. The molecule has 2 N–H and O–H groups in total. The first kappa shape index (κ1) is 17.7. The topological polar surface area (TPSA) is 89.1 Å². The molecule has 0 aromatic carbocycles. The van der Waals surface area contributed by atoms with Crippen LogP contribution in [0.15, 0.2) is 30.7 Å². The Morgan fingerprint density at radius 2 is 2.37 bits per heavy atom. The molecule has 4 rings (SSSR count). The highest BCUT2D eigenvalue weighted by Gasteiger charge is 2.17. The van der Waals surface area contributed by atoms with E-state index in [2.05, 4.69) is 36.4 Å². The number of aryl methyl sites for hydroxylation is 2. The van der Waals surface area contributed by atoms with Crippen molar-refractivity contribution >= 4 is 11.7 Å². The first-order valence-electron chi connectivity index (χ1n) is 9.58. The fraction of sp³-hybridized carbons (Fsp3) is 0.474. The average Bonchev–Trinajstić information content (AvgIpc) is 3.22. The minimum atomic E-state index is -0.109. The summed E-state index contributed by atoms with van der Waals surface area (Å²) in [6.07, 6.45) is 8.48. The van der Waals surface area contributed by atoms with E-state index in [1.807, 2.05) is 29.8 Å². The smallest absolute Gasteiger partial charge is 0.233 e. The van der Waals surface area contributed by atoms with Gasteiger partial charge in [0.15, 0.2) is 0 Å². The number of carbonyl (C=O) groups excluding carboxylic acids is 1. The third-order valence-corrected chi connectivity index (χ3v) is 4.91. The van der Waals surface area contributed by atoms with Crippen molar-refractivity contribution in [3.63, 3.8) is 0 Å². The minimum absolute atomic E-state index is 0.0215. The van der Waals surface area contributed by atoms with E-state index in [9.17, 15) is 4.79 Å². The zero-order valence-corrected chi connectivity index (χ0v) is 15.6. The summed E-state index contributed by atoms with van der Waals surface area (Å²) >= 11 is 0. The van der Waals surface area contributed by atoms with E-state index in [4.69, 9.17) is 0 Å². The number of fused-ring (bicyclic) bond motifs is 2. The van der Waals surface area contributed by atoms with Crippen LogP contribution in [0.25, 0.3) is 5.78 Å². The molecule has 0 unspecified atom stereocenters. The van der Waals surface area contributed by atoms with E-state index in [1.54, 1.807) is 6.20 Å². The van der Waals surface area contributed by atoms with E-state index < -0.39 is 0 Å². The van der Waals surface area contributed by atoms with Gasteiger partial charge in [-0.15, -0.1) is 0 Å². The molecule has 0 saturated carbocycles. The summed E-state index contributed by atoms with van der Waals surface area (Å²) in [6.45, 7) is 4.85. The lowest BCUT2D eigenvalue weighted by atomic mass is 10.1. The summed E-state index contributed by atoms with van der Waals surface area (Å²) < 4.78 is 3.93. The molecule has 0 aliphatic carbocycles. The summed E-state index contributed by atoms with van der Waals surface area (Å²) in [6, 6.07) is 3.86. The van der Waals surface area contributed by atoms with Crippen molar-refractivity contribution in [3.05, 3.63) is 47.8 Å². The average molecular weight is 367 g/mol. The molecule has 8 heteroatoms. The molecule has 0 saturated heterocycles. The van der Waals surface area contributed by atoms with Crippen LogP contribution in [-0.4, -0.2) is 36.6 Å². The summed E-state index contributed by atoms with van der Waals surface area (Å²) in [7, 11) is 0. The molecule has 1 aliphatic rings. The van der Waals surface area contributed by atoms with E-state index in [-0.39, 0.29) is 11.9 Å². The van der Waals surface area contributed by atoms with Gasteiger partial charge >= 0.3 is 0 Å². The number of imidazole rings is 1. The molecule has 0 spiro atoms. The standard InChI is InChI=1S/C19H25N7O/c1-2-16(17-13-25-9-4-8-21-19(25)23-17)22-18(27)6-5-14-11-15-12-20-7-3-10-26(15)24-14/h4,8-9,11,13,16,20H,2-3,5-7,10,12H2,1H3,(H,22,27)/t16-/m1/s1. The van der Waals surface area contributed by atoms with Crippen LogP contribution in [0, 0.1) is 0 Å². The van der Waals surface area contributed by atoms with Gasteiger partial charge in [0.2, 0.25) is 11.7 Å². The van der Waals surface area contributed by atoms with Gasteiger partial charge in [-0.2, -0.15) is 5.10 Å². The largest absolute Gasteiger partial charge is 0.348 e. The third-order valence-electron chi connectivity index (χ3n) is 4.91. The quantitative estimate of drug-likeness (QED) is 0.691. The van der Waals surface area contributed by atoms with E-state index in [0.717, 1.165) is 43.9 Å². The maximum Gasteiger partial charge on any atom is 0.233 e. The third kappa shape index (κ3) is 4.00. The van der Waals surface area contributed by atoms with Gasteiger partial charge in [-0.1, -0.05) is 6.92 Å². The Morgan fingerprint density at radius 3 is 3.22 bits per heavy atom. The van der Waals surface area contributed by atoms with Gasteiger partial charge in [-0.05, 0) is 31.5 Å². The van der Waals surface area contributed by atoms with Crippen LogP contribution in [0.5, 0.6) is 0 Å². The molecule has 8 nitrogen and oxygen atoms in total. The highest BCUT2D eigenvalue weighted by molar-refractivity contribution is 5.76. The van der Waals surface area contributed by atoms with Crippen LogP contribution in [0.1, 0.15) is 49.3 Å². The van der Waals surface area contributed by atoms with Gasteiger partial charge in [-0.3, -0.25) is 13.9 Å². The number of hydrogen-bond acceptors (Lipinski definition) is 5. The number of amides is 1. The summed E-state index contributed by atoms with van der Waals surface area (Å²) in [5.74, 6) is 0.668. The van der Waals surface area contributed by atoms with Crippen molar-refractivity contribution in [3.8, 4) is 0 Å². The monoisotopic (exact) mass is 367 g/mol. The molecule has 4 heterocycles. The first-order chi connectivity index (χ1) is 13.2. The van der Waals surface area contributed by atoms with Crippen molar-refractivity contribution in [2.45, 2.75) is 51.7 Å². The molecule has 3 aromatic heterocycles. The fourth-order valence-corrected chi connectivity index (χ4v) is 3.45. The molecule has 27 heavy (non-hydrogen) atoms. The zero-order chi connectivity index (χ0) is 18.6. The fourth-order valence-electron chi connectivity index (χ4n) is 3.45. The van der Waals surface area contributed by atoms with Crippen LogP contribution in [0.3, 0.4) is 0 Å². The van der Waals surface area contributed by atoms with Crippen molar-refractivity contribution in [2.24, 2.45) is 0 Å². The van der Waals surface area contributed by atoms with Crippen molar-refractivity contribution < 1.29 is 4.79 Å². The number of rotatable bonds is 6. The molecular weight excluding hydrogens is 342 g/mol. The lowest BCUT2D eigenvalue weighted by Crippen LogP contribution is -2.28. The van der Waals surface area contributed by atoms with Crippen LogP contribution >= 0.6 is 0 Å². The Kier molecular flexibility index (Phi) is 5.15. The van der Waals surface area contributed by atoms with E-state index in [0.29, 0.717) is 18.6 Å². The van der Waals surface area contributed by atoms with Crippen molar-refractivity contribution in [1.82, 2.24) is 34.8 Å². The number of hydrogen-bond donors (Lipinski definition) is 2. The first-order valence-corrected chi connectivity index (χ1v) is 9.58. The molecule has 0 radical (unpaired) electrons. The van der Waals surface area contributed by atoms with E-state index >= 15 is 0 Å². The highest BCUT2D eigenvalue weighted by Crippen LogP contribution is 2.16. The maximum absolute atomic E-state index is 12.5. The van der Waals surface area contributed by atoms with Crippen LogP contribution < -0.4 is 10.6 Å². The summed E-state index contributed by atoms with van der Waals surface area (Å²) in [5.41, 5.74) is 3.02. The molecule has 0 fully saturated rings. The maximum atomic E-state index is 12.5. The Balaban J connectivity index is 1.36.